The number of aliphatic hydroxyl groups is 2. The second kappa shape index (κ2) is 7.59. The van der Waals surface area contributed by atoms with Crippen LogP contribution in [0.2, 0.25) is 0 Å². The number of nitrogens with zero attached hydrogens (tertiary/aromatic N) is 3. The molecule has 0 aromatic carbocycles. The third kappa shape index (κ3) is 3.81. The SMILES string of the molecule is Br.Nc1nc2c(c(=O)[nH]1)=N[C@@H]1[C@H](N=2)O[C@@H]2COP(=O)(O)O[C@@H]2C1(O)O.O.O. The summed E-state index contributed by atoms with van der Waals surface area (Å²) in [6, 6.07) is -1.48. The summed E-state index contributed by atoms with van der Waals surface area (Å²) >= 11 is 0. The molecular formula is C10H17BrN5O10P. The van der Waals surface area contributed by atoms with Crippen molar-refractivity contribution in [3.05, 3.63) is 21.2 Å². The maximum Gasteiger partial charge on any atom is 0.472 e. The van der Waals surface area contributed by atoms with Crippen LogP contribution in [0.15, 0.2) is 14.8 Å². The molecule has 4 heterocycles. The molecule has 0 spiro atoms. The van der Waals surface area contributed by atoms with Crippen molar-refractivity contribution in [1.29, 1.82) is 0 Å². The van der Waals surface area contributed by atoms with Crippen molar-refractivity contribution in [3.63, 3.8) is 0 Å². The minimum Gasteiger partial charge on any atom is -0.412 e. The van der Waals surface area contributed by atoms with E-state index in [1.165, 1.54) is 0 Å². The fourth-order valence-corrected chi connectivity index (χ4v) is 3.76. The van der Waals surface area contributed by atoms with Gasteiger partial charge in [0.25, 0.3) is 5.56 Å². The van der Waals surface area contributed by atoms with E-state index in [0.29, 0.717) is 0 Å². The number of ether oxygens (including phenoxy) is 1. The van der Waals surface area contributed by atoms with E-state index >= 15 is 0 Å². The molecule has 1 aromatic heterocycles. The first kappa shape index (κ1) is 23.7. The quantitative estimate of drug-likeness (QED) is 0.175. The first-order chi connectivity index (χ1) is 11.2. The van der Waals surface area contributed by atoms with E-state index in [4.69, 9.17) is 15.0 Å². The molecule has 15 nitrogen and oxygen atoms in total. The Morgan fingerprint density at radius 1 is 1.30 bits per heavy atom. The van der Waals surface area contributed by atoms with E-state index in [-0.39, 0.29) is 44.7 Å². The zero-order valence-corrected chi connectivity index (χ0v) is 15.8. The molecule has 3 aliphatic heterocycles. The van der Waals surface area contributed by atoms with Crippen LogP contribution in [0.1, 0.15) is 0 Å². The number of nitrogens with two attached hydrogens (primary N) is 1. The molecule has 0 saturated carbocycles. The molecule has 10 N–H and O–H groups in total. The first-order valence-electron chi connectivity index (χ1n) is 6.75. The predicted octanol–water partition coefficient (Wildman–Crippen LogP) is -5.18. The highest BCUT2D eigenvalue weighted by Crippen LogP contribution is 2.52. The van der Waals surface area contributed by atoms with Gasteiger partial charge in [-0.3, -0.25) is 23.8 Å². The molecule has 17 heteroatoms. The molecule has 1 unspecified atom stereocenters. The average Bonchev–Trinajstić information content (AvgIpc) is 2.47. The number of halogens is 1. The Balaban J connectivity index is 0.00000121. The van der Waals surface area contributed by atoms with Gasteiger partial charge >= 0.3 is 7.82 Å². The molecule has 1 aromatic rings. The van der Waals surface area contributed by atoms with Crippen molar-refractivity contribution < 1.29 is 44.4 Å². The van der Waals surface area contributed by atoms with Crippen LogP contribution in [0.3, 0.4) is 0 Å². The normalized spacial score (nSPS) is 35.2. The summed E-state index contributed by atoms with van der Waals surface area (Å²) < 4.78 is 26.3. The van der Waals surface area contributed by atoms with Crippen LogP contribution in [-0.2, 0) is 18.3 Å². The van der Waals surface area contributed by atoms with Crippen LogP contribution in [0.25, 0.3) is 0 Å². The second-order valence-electron chi connectivity index (χ2n) is 5.46. The minimum absolute atomic E-state index is 0. The Morgan fingerprint density at radius 2 is 1.96 bits per heavy atom. The van der Waals surface area contributed by atoms with Gasteiger partial charge in [0.15, 0.2) is 29.2 Å². The van der Waals surface area contributed by atoms with Crippen LogP contribution >= 0.6 is 24.8 Å². The van der Waals surface area contributed by atoms with E-state index in [1.807, 2.05) is 0 Å². The zero-order chi connectivity index (χ0) is 17.3. The maximum atomic E-state index is 11.9. The van der Waals surface area contributed by atoms with E-state index in [1.54, 1.807) is 0 Å². The molecule has 0 radical (unpaired) electrons. The minimum atomic E-state index is -4.45. The van der Waals surface area contributed by atoms with E-state index < -0.39 is 50.3 Å². The van der Waals surface area contributed by atoms with Crippen LogP contribution in [0, 0.1) is 0 Å². The lowest BCUT2D eigenvalue weighted by atomic mass is 9.92. The summed E-state index contributed by atoms with van der Waals surface area (Å²) in [5.41, 5.74) is 4.60. The van der Waals surface area contributed by atoms with Crippen molar-refractivity contribution in [2.24, 2.45) is 9.98 Å². The van der Waals surface area contributed by atoms with E-state index in [0.717, 1.165) is 0 Å². The van der Waals surface area contributed by atoms with Gasteiger partial charge in [0.1, 0.15) is 6.10 Å². The number of fused-ring (bicyclic) bond motifs is 3. The van der Waals surface area contributed by atoms with Crippen molar-refractivity contribution >= 4 is 30.8 Å². The Kier molecular flexibility index (Phi) is 6.67. The number of H-pyrrole nitrogens is 1. The standard InChI is InChI=1S/C10H12N5O8P.BrH.2H2O/c11-9-14-6-3(7(16)15-9)12-4-8(13-6)22-2-1-21-24(19,20)23-5(2)10(4,17)18;;;/h2,4-5,8,17-18H,1H2,(H,19,20)(H3,11,13,14,15,16);1H;2*1H2/t2-,4-,5+,8-;;;/m1.../s1. The highest BCUT2D eigenvalue weighted by molar-refractivity contribution is 8.93. The number of anilines is 1. The highest BCUT2D eigenvalue weighted by atomic mass is 79.9. The summed E-state index contributed by atoms with van der Waals surface area (Å²) in [5, 5.41) is 20.6. The fourth-order valence-electron chi connectivity index (χ4n) is 2.79. The lowest BCUT2D eigenvalue weighted by Gasteiger charge is -2.48. The van der Waals surface area contributed by atoms with Gasteiger partial charge in [-0.25, -0.2) is 9.56 Å². The number of hydrogen-bond donors (Lipinski definition) is 5. The molecular weight excluding hydrogens is 461 g/mol. The molecule has 5 atom stereocenters. The Morgan fingerprint density at radius 3 is 2.63 bits per heavy atom. The number of rotatable bonds is 0. The molecule has 0 bridgehead atoms. The fraction of sp³-hybridized carbons (Fsp3) is 0.600. The number of aromatic nitrogens is 2. The van der Waals surface area contributed by atoms with Crippen LogP contribution in [0.4, 0.5) is 5.95 Å². The van der Waals surface area contributed by atoms with Crippen molar-refractivity contribution in [2.75, 3.05) is 12.3 Å². The number of hydrogen-bond acceptors (Lipinski definition) is 11. The molecule has 3 aliphatic rings. The monoisotopic (exact) mass is 477 g/mol. The van der Waals surface area contributed by atoms with Crippen molar-refractivity contribution in [1.82, 2.24) is 9.97 Å². The first-order valence-corrected chi connectivity index (χ1v) is 8.24. The van der Waals surface area contributed by atoms with Gasteiger partial charge in [-0.2, -0.15) is 4.98 Å². The molecule has 2 fully saturated rings. The van der Waals surface area contributed by atoms with Gasteiger partial charge in [-0.05, 0) is 0 Å². The maximum absolute atomic E-state index is 11.9. The summed E-state index contributed by atoms with van der Waals surface area (Å²) in [6.07, 6.45) is -3.93. The topological polar surface area (TPSA) is 265 Å². The Bertz CT molecular complexity index is 939. The van der Waals surface area contributed by atoms with Gasteiger partial charge in [0, 0.05) is 0 Å². The van der Waals surface area contributed by atoms with Crippen LogP contribution < -0.4 is 22.1 Å². The van der Waals surface area contributed by atoms with E-state index in [9.17, 15) is 24.5 Å². The predicted molar refractivity (Wildman–Crippen MR) is 89.4 cm³/mol. The summed E-state index contributed by atoms with van der Waals surface area (Å²) in [6.45, 7) is -0.419. The second-order valence-corrected chi connectivity index (χ2v) is 6.87. The third-order valence-electron chi connectivity index (χ3n) is 3.84. The largest absolute Gasteiger partial charge is 0.472 e. The third-order valence-corrected chi connectivity index (χ3v) is 4.81. The lowest BCUT2D eigenvalue weighted by molar-refractivity contribution is -0.319. The molecule has 154 valence electrons. The van der Waals surface area contributed by atoms with Gasteiger partial charge in [0.2, 0.25) is 11.7 Å². The van der Waals surface area contributed by atoms with Gasteiger partial charge in [-0.15, -0.1) is 17.0 Å². The Hall–Kier alpha value is -1.33. The summed E-state index contributed by atoms with van der Waals surface area (Å²) in [4.78, 5) is 35.2. The number of nitrogens with one attached hydrogen (secondary N) is 1. The van der Waals surface area contributed by atoms with Crippen LogP contribution in [-0.4, -0.2) is 72.9 Å². The Labute approximate surface area is 159 Å². The molecule has 27 heavy (non-hydrogen) atoms. The van der Waals surface area contributed by atoms with Gasteiger partial charge in [0.05, 0.1) is 6.61 Å². The highest BCUT2D eigenvalue weighted by Gasteiger charge is 2.61. The summed E-state index contributed by atoms with van der Waals surface area (Å²) in [5.74, 6) is -2.92. The van der Waals surface area contributed by atoms with Gasteiger partial charge in [-0.1, -0.05) is 0 Å². The van der Waals surface area contributed by atoms with E-state index in [2.05, 4.69) is 24.5 Å². The zero-order valence-electron chi connectivity index (χ0n) is 13.2. The van der Waals surface area contributed by atoms with Gasteiger partial charge < -0.3 is 36.5 Å². The number of phosphoric ester groups is 1. The number of nitrogen functional groups attached to an aromatic ring is 1. The van der Waals surface area contributed by atoms with Crippen LogP contribution in [0.5, 0.6) is 0 Å². The average molecular weight is 478 g/mol. The van der Waals surface area contributed by atoms with Crippen molar-refractivity contribution in [3.8, 4) is 0 Å². The lowest BCUT2D eigenvalue weighted by Crippen LogP contribution is -2.70. The number of phosphoric acid groups is 1. The van der Waals surface area contributed by atoms with Crippen molar-refractivity contribution in [2.45, 2.75) is 30.3 Å². The molecule has 0 amide bonds. The molecule has 0 aliphatic carbocycles. The molecule has 4 rings (SSSR count). The summed E-state index contributed by atoms with van der Waals surface area (Å²) in [7, 11) is -4.45. The smallest absolute Gasteiger partial charge is 0.412 e. The molecule has 2 saturated heterocycles. The number of aromatic amines is 1.